The number of amides is 2. The average molecular weight is 416 g/mol. The Kier molecular flexibility index (Phi) is 7.75. The first-order chi connectivity index (χ1) is 14.5. The number of halogens is 1. The van der Waals surface area contributed by atoms with E-state index in [9.17, 15) is 14.0 Å². The summed E-state index contributed by atoms with van der Waals surface area (Å²) in [5, 5.41) is 5.71. The maximum absolute atomic E-state index is 12.9. The van der Waals surface area contributed by atoms with Crippen molar-refractivity contribution in [2.75, 3.05) is 56.5 Å². The summed E-state index contributed by atoms with van der Waals surface area (Å²) in [7, 11) is 0. The van der Waals surface area contributed by atoms with Crippen LogP contribution >= 0.6 is 0 Å². The second-order valence-electron chi connectivity index (χ2n) is 7.41. The highest BCUT2D eigenvalue weighted by Crippen LogP contribution is 2.15. The number of nitrogens with one attached hydrogen (secondary N) is 4. The molecule has 0 aromatic heterocycles. The molecule has 3 rings (SSSR count). The number of ether oxygens (including phenoxy) is 1. The van der Waals surface area contributed by atoms with Crippen molar-refractivity contribution >= 4 is 23.2 Å². The van der Waals surface area contributed by atoms with E-state index in [4.69, 9.17) is 4.74 Å². The van der Waals surface area contributed by atoms with Crippen LogP contribution in [0.15, 0.2) is 48.5 Å². The average Bonchev–Trinajstić information content (AvgIpc) is 2.73. The molecule has 0 saturated carbocycles. The first kappa shape index (κ1) is 21.7. The zero-order chi connectivity index (χ0) is 21.3. The molecule has 2 aromatic rings. The van der Waals surface area contributed by atoms with Gasteiger partial charge in [0.1, 0.15) is 37.7 Å². The molecular weight excluding hydrogens is 387 g/mol. The van der Waals surface area contributed by atoms with Crippen molar-refractivity contribution < 1.29 is 28.5 Å². The van der Waals surface area contributed by atoms with Gasteiger partial charge < -0.3 is 25.2 Å². The molecule has 2 amide bonds. The zero-order valence-corrected chi connectivity index (χ0v) is 17.2. The summed E-state index contributed by atoms with van der Waals surface area (Å²) in [5.74, 6) is 0.341. The highest BCUT2D eigenvalue weighted by Gasteiger charge is 2.26. The lowest BCUT2D eigenvalue weighted by atomic mass is 10.2. The van der Waals surface area contributed by atoms with Crippen molar-refractivity contribution in [1.82, 2.24) is 0 Å². The SMILES string of the molecule is CCOc1ccc(NC(=O)C[NH+]2CC[NH+](CC(=O)Nc3ccc(F)cc3)CC2)cc1. The Bertz CT molecular complexity index is 834. The number of hydrogen-bond donors (Lipinski definition) is 4. The number of hydrogen-bond acceptors (Lipinski definition) is 3. The fourth-order valence-electron chi connectivity index (χ4n) is 3.51. The fraction of sp³-hybridized carbons (Fsp3) is 0.364. The smallest absolute Gasteiger partial charge is 0.279 e. The van der Waals surface area contributed by atoms with Crippen LogP contribution in [0.2, 0.25) is 0 Å². The molecule has 160 valence electrons. The van der Waals surface area contributed by atoms with Crippen molar-refractivity contribution in [1.29, 1.82) is 0 Å². The maximum Gasteiger partial charge on any atom is 0.279 e. The molecule has 0 spiro atoms. The Morgan fingerprint density at radius 2 is 1.27 bits per heavy atom. The fourth-order valence-corrected chi connectivity index (χ4v) is 3.51. The molecule has 4 N–H and O–H groups in total. The quantitative estimate of drug-likeness (QED) is 0.473. The molecule has 2 aromatic carbocycles. The van der Waals surface area contributed by atoms with E-state index in [0.29, 0.717) is 25.4 Å². The number of carbonyl (C=O) groups excluding carboxylic acids is 2. The van der Waals surface area contributed by atoms with Crippen LogP contribution in [-0.2, 0) is 9.59 Å². The van der Waals surface area contributed by atoms with Gasteiger partial charge in [0.25, 0.3) is 11.8 Å². The summed E-state index contributed by atoms with van der Waals surface area (Å²) in [6.45, 7) is 6.61. The van der Waals surface area contributed by atoms with E-state index in [2.05, 4.69) is 10.6 Å². The number of carbonyl (C=O) groups is 2. The summed E-state index contributed by atoms with van der Waals surface area (Å²) in [6.07, 6.45) is 0. The Balaban J connectivity index is 1.37. The first-order valence-corrected chi connectivity index (χ1v) is 10.3. The van der Waals surface area contributed by atoms with Gasteiger partial charge in [-0.15, -0.1) is 0 Å². The number of rotatable bonds is 8. The predicted molar refractivity (Wildman–Crippen MR) is 112 cm³/mol. The molecule has 1 aliphatic heterocycles. The van der Waals surface area contributed by atoms with Crippen LogP contribution in [0.1, 0.15) is 6.92 Å². The van der Waals surface area contributed by atoms with Gasteiger partial charge in [0.15, 0.2) is 13.1 Å². The largest absolute Gasteiger partial charge is 0.494 e. The third-order valence-corrected chi connectivity index (χ3v) is 5.06. The van der Waals surface area contributed by atoms with E-state index in [1.807, 2.05) is 31.2 Å². The predicted octanol–water partition coefficient (Wildman–Crippen LogP) is -0.415. The second kappa shape index (κ2) is 10.7. The third kappa shape index (κ3) is 6.82. The molecule has 0 radical (unpaired) electrons. The highest BCUT2D eigenvalue weighted by molar-refractivity contribution is 5.92. The monoisotopic (exact) mass is 416 g/mol. The van der Waals surface area contributed by atoms with Crippen molar-refractivity contribution in [3.05, 3.63) is 54.3 Å². The molecule has 0 bridgehead atoms. The van der Waals surface area contributed by atoms with E-state index in [-0.39, 0.29) is 17.6 Å². The minimum absolute atomic E-state index is 0.0216. The van der Waals surface area contributed by atoms with Crippen LogP contribution in [0.5, 0.6) is 5.75 Å². The minimum atomic E-state index is -0.329. The summed E-state index contributed by atoms with van der Waals surface area (Å²) in [5.41, 5.74) is 1.35. The van der Waals surface area contributed by atoms with Crippen molar-refractivity contribution in [2.45, 2.75) is 6.92 Å². The minimum Gasteiger partial charge on any atom is -0.494 e. The normalized spacial score (nSPS) is 18.5. The molecule has 8 heteroatoms. The van der Waals surface area contributed by atoms with Crippen LogP contribution in [0, 0.1) is 5.82 Å². The Morgan fingerprint density at radius 3 is 1.70 bits per heavy atom. The van der Waals surface area contributed by atoms with Crippen LogP contribution < -0.4 is 25.2 Å². The van der Waals surface area contributed by atoms with Gasteiger partial charge in [-0.1, -0.05) is 0 Å². The van der Waals surface area contributed by atoms with Gasteiger partial charge in [-0.25, -0.2) is 4.39 Å². The topological polar surface area (TPSA) is 76.3 Å². The van der Waals surface area contributed by atoms with Crippen molar-refractivity contribution in [3.8, 4) is 5.75 Å². The van der Waals surface area contributed by atoms with E-state index < -0.39 is 0 Å². The van der Waals surface area contributed by atoms with E-state index in [1.165, 1.54) is 21.9 Å². The van der Waals surface area contributed by atoms with Crippen molar-refractivity contribution in [2.24, 2.45) is 0 Å². The van der Waals surface area contributed by atoms with Crippen molar-refractivity contribution in [3.63, 3.8) is 0 Å². The highest BCUT2D eigenvalue weighted by atomic mass is 19.1. The van der Waals surface area contributed by atoms with Gasteiger partial charge in [0.05, 0.1) is 6.61 Å². The number of piperazine rings is 1. The molecule has 1 aliphatic rings. The van der Waals surface area contributed by atoms with Crippen LogP contribution in [0.25, 0.3) is 0 Å². The lowest BCUT2D eigenvalue weighted by molar-refractivity contribution is -1.00. The maximum atomic E-state index is 12.9. The Morgan fingerprint density at radius 1 is 0.833 bits per heavy atom. The van der Waals surface area contributed by atoms with E-state index >= 15 is 0 Å². The zero-order valence-electron chi connectivity index (χ0n) is 17.2. The molecule has 30 heavy (non-hydrogen) atoms. The third-order valence-electron chi connectivity index (χ3n) is 5.06. The molecule has 1 heterocycles. The summed E-state index contributed by atoms with van der Waals surface area (Å²) in [6, 6.07) is 13.1. The van der Waals surface area contributed by atoms with Gasteiger partial charge in [0.2, 0.25) is 0 Å². The van der Waals surface area contributed by atoms with Crippen LogP contribution in [-0.4, -0.2) is 57.7 Å². The van der Waals surface area contributed by atoms with Gasteiger partial charge >= 0.3 is 0 Å². The summed E-state index contributed by atoms with van der Waals surface area (Å²) < 4.78 is 18.3. The standard InChI is InChI=1S/C22H27FN4O3/c1-2-30-20-9-7-19(8-10-20)25-22(29)16-27-13-11-26(12-14-27)15-21(28)24-18-5-3-17(23)4-6-18/h3-10H,2,11-16H2,1H3,(H,24,28)(H,25,29)/p+2. The number of quaternary nitrogens is 2. The molecule has 7 nitrogen and oxygen atoms in total. The van der Waals surface area contributed by atoms with Gasteiger partial charge in [-0.3, -0.25) is 9.59 Å². The van der Waals surface area contributed by atoms with E-state index in [1.54, 1.807) is 12.1 Å². The molecule has 1 saturated heterocycles. The number of benzene rings is 2. The Labute approximate surface area is 175 Å². The van der Waals surface area contributed by atoms with Gasteiger partial charge in [-0.2, -0.15) is 0 Å². The lowest BCUT2D eigenvalue weighted by Crippen LogP contribution is -3.28. The molecule has 0 atom stereocenters. The van der Waals surface area contributed by atoms with Crippen LogP contribution in [0.3, 0.4) is 0 Å². The molecule has 1 fully saturated rings. The summed E-state index contributed by atoms with van der Waals surface area (Å²) >= 11 is 0. The van der Waals surface area contributed by atoms with Crippen LogP contribution in [0.4, 0.5) is 15.8 Å². The van der Waals surface area contributed by atoms with E-state index in [0.717, 1.165) is 37.6 Å². The molecule has 0 unspecified atom stereocenters. The summed E-state index contributed by atoms with van der Waals surface area (Å²) in [4.78, 5) is 26.9. The molecular formula is C22H29FN4O3+2. The van der Waals surface area contributed by atoms with Gasteiger partial charge in [-0.05, 0) is 55.5 Å². The first-order valence-electron chi connectivity index (χ1n) is 10.3. The number of anilines is 2. The molecule has 0 aliphatic carbocycles. The van der Waals surface area contributed by atoms with Gasteiger partial charge in [0, 0.05) is 11.4 Å². The second-order valence-corrected chi connectivity index (χ2v) is 7.41. The lowest BCUT2D eigenvalue weighted by Gasteiger charge is -2.28. The Hall–Kier alpha value is -2.97.